The smallest absolute Gasteiger partial charge is 0.200 e. The van der Waals surface area contributed by atoms with Crippen LogP contribution >= 0.6 is 0 Å². The molecule has 1 atom stereocenters. The first-order valence-corrected chi connectivity index (χ1v) is 4.68. The van der Waals surface area contributed by atoms with Crippen molar-refractivity contribution in [1.82, 2.24) is 0 Å². The van der Waals surface area contributed by atoms with Crippen molar-refractivity contribution < 1.29 is 22.0 Å². The Morgan fingerprint density at radius 1 is 1.00 bits per heavy atom. The lowest BCUT2D eigenvalue weighted by atomic mass is 9.99. The van der Waals surface area contributed by atoms with Crippen LogP contribution in [0.5, 0.6) is 0 Å². The number of hydrogen-bond donors (Lipinski definition) is 1. The summed E-state index contributed by atoms with van der Waals surface area (Å²) in [5.41, 5.74) is 4.85. The van der Waals surface area contributed by atoms with Gasteiger partial charge in [0.1, 0.15) is 0 Å². The predicted octanol–water partition coefficient (Wildman–Crippen LogP) is 3.35. The van der Waals surface area contributed by atoms with Gasteiger partial charge in [-0.15, -0.1) is 6.58 Å². The topological polar surface area (TPSA) is 26.0 Å². The van der Waals surface area contributed by atoms with Crippen LogP contribution in [0.1, 0.15) is 24.9 Å². The highest BCUT2D eigenvalue weighted by Gasteiger charge is 2.28. The van der Waals surface area contributed by atoms with Crippen LogP contribution in [0.2, 0.25) is 0 Å². The van der Waals surface area contributed by atoms with Crippen LogP contribution in [0.3, 0.4) is 0 Å². The highest BCUT2D eigenvalue weighted by molar-refractivity contribution is 5.27. The Hall–Kier alpha value is -1.43. The minimum absolute atomic E-state index is 0.0711. The van der Waals surface area contributed by atoms with E-state index in [0.29, 0.717) is 5.57 Å². The van der Waals surface area contributed by atoms with Crippen molar-refractivity contribution in [2.45, 2.75) is 19.4 Å². The minimum atomic E-state index is -2.19. The highest BCUT2D eigenvalue weighted by atomic mass is 19.2. The van der Waals surface area contributed by atoms with Crippen LogP contribution in [-0.4, -0.2) is 0 Å². The average Bonchev–Trinajstić information content (AvgIpc) is 2.23. The number of hydrogen-bond acceptors (Lipinski definition) is 1. The molecule has 0 aliphatic rings. The molecule has 0 aliphatic heterocycles. The monoisotopic (exact) mass is 251 g/mol. The summed E-state index contributed by atoms with van der Waals surface area (Å²) >= 11 is 0. The first-order chi connectivity index (χ1) is 7.77. The van der Waals surface area contributed by atoms with Gasteiger partial charge < -0.3 is 5.73 Å². The molecule has 0 saturated heterocycles. The molecular formula is C11H10F5N. The van der Waals surface area contributed by atoms with Gasteiger partial charge in [-0.05, 0) is 13.3 Å². The SMILES string of the molecule is C=C(C)C[C@H](N)c1c(F)c(F)c(F)c(F)c1F. The molecular weight excluding hydrogens is 241 g/mol. The van der Waals surface area contributed by atoms with Gasteiger partial charge in [-0.1, -0.05) is 5.57 Å². The summed E-state index contributed by atoms with van der Waals surface area (Å²) in [6.45, 7) is 4.99. The third-order valence-electron chi connectivity index (χ3n) is 2.18. The van der Waals surface area contributed by atoms with Crippen molar-refractivity contribution in [2.75, 3.05) is 0 Å². The van der Waals surface area contributed by atoms with Crippen molar-refractivity contribution in [3.8, 4) is 0 Å². The zero-order valence-electron chi connectivity index (χ0n) is 8.96. The summed E-state index contributed by atoms with van der Waals surface area (Å²) in [7, 11) is 0. The van der Waals surface area contributed by atoms with Gasteiger partial charge in [0.2, 0.25) is 5.82 Å². The van der Waals surface area contributed by atoms with E-state index in [0.717, 1.165) is 0 Å². The Morgan fingerprint density at radius 2 is 1.35 bits per heavy atom. The Kier molecular flexibility index (Phi) is 3.87. The van der Waals surface area contributed by atoms with Gasteiger partial charge in [-0.25, -0.2) is 22.0 Å². The van der Waals surface area contributed by atoms with E-state index < -0.39 is 40.7 Å². The van der Waals surface area contributed by atoms with Crippen molar-refractivity contribution in [3.05, 3.63) is 46.8 Å². The molecule has 0 radical (unpaired) electrons. The Labute approximate surface area is 94.7 Å². The Balaban J connectivity index is 3.38. The molecule has 0 aromatic heterocycles. The van der Waals surface area contributed by atoms with E-state index in [1.54, 1.807) is 0 Å². The summed E-state index contributed by atoms with van der Waals surface area (Å²) < 4.78 is 65.0. The maximum Gasteiger partial charge on any atom is 0.200 e. The maximum absolute atomic E-state index is 13.3. The summed E-state index contributed by atoms with van der Waals surface area (Å²) in [5.74, 6) is -9.95. The molecule has 94 valence electrons. The lowest BCUT2D eigenvalue weighted by molar-refractivity contribution is 0.363. The maximum atomic E-state index is 13.3. The molecule has 0 fully saturated rings. The van der Waals surface area contributed by atoms with Crippen molar-refractivity contribution in [3.63, 3.8) is 0 Å². The van der Waals surface area contributed by atoms with Crippen LogP contribution in [0.4, 0.5) is 22.0 Å². The first kappa shape index (κ1) is 13.6. The zero-order valence-corrected chi connectivity index (χ0v) is 8.96. The number of halogens is 5. The molecule has 1 aromatic carbocycles. The molecule has 0 saturated carbocycles. The molecule has 1 aromatic rings. The molecule has 0 bridgehead atoms. The third-order valence-corrected chi connectivity index (χ3v) is 2.18. The van der Waals surface area contributed by atoms with Crippen LogP contribution in [0.15, 0.2) is 12.2 Å². The third kappa shape index (κ3) is 2.46. The van der Waals surface area contributed by atoms with Crippen molar-refractivity contribution >= 4 is 0 Å². The van der Waals surface area contributed by atoms with Gasteiger partial charge in [-0.3, -0.25) is 0 Å². The summed E-state index contributed by atoms with van der Waals surface area (Å²) in [6.07, 6.45) is -0.0711. The molecule has 6 heteroatoms. The second-order valence-electron chi connectivity index (χ2n) is 3.75. The normalized spacial score (nSPS) is 12.6. The van der Waals surface area contributed by atoms with Crippen LogP contribution in [-0.2, 0) is 0 Å². The molecule has 1 nitrogen and oxygen atoms in total. The highest BCUT2D eigenvalue weighted by Crippen LogP contribution is 2.29. The number of nitrogens with two attached hydrogens (primary N) is 1. The van der Waals surface area contributed by atoms with Gasteiger partial charge in [-0.2, -0.15) is 0 Å². The summed E-state index contributed by atoms with van der Waals surface area (Å²) in [5, 5.41) is 0. The number of benzene rings is 1. The fourth-order valence-corrected chi connectivity index (χ4v) is 1.42. The van der Waals surface area contributed by atoms with Gasteiger partial charge in [0.15, 0.2) is 23.3 Å². The van der Waals surface area contributed by atoms with Gasteiger partial charge >= 0.3 is 0 Å². The first-order valence-electron chi connectivity index (χ1n) is 4.68. The van der Waals surface area contributed by atoms with Crippen molar-refractivity contribution in [2.24, 2.45) is 5.73 Å². The van der Waals surface area contributed by atoms with E-state index in [1.807, 2.05) is 0 Å². The fraction of sp³-hybridized carbons (Fsp3) is 0.273. The fourth-order valence-electron chi connectivity index (χ4n) is 1.42. The zero-order chi connectivity index (χ0) is 13.3. The second kappa shape index (κ2) is 4.83. The van der Waals surface area contributed by atoms with Gasteiger partial charge in [0.05, 0.1) is 0 Å². The summed E-state index contributed by atoms with van der Waals surface area (Å²) in [6, 6.07) is -1.32. The number of rotatable bonds is 3. The molecule has 0 heterocycles. The van der Waals surface area contributed by atoms with Crippen molar-refractivity contribution in [1.29, 1.82) is 0 Å². The van der Waals surface area contributed by atoms with Gasteiger partial charge in [0.25, 0.3) is 0 Å². The molecule has 0 aliphatic carbocycles. The predicted molar refractivity (Wildman–Crippen MR) is 52.6 cm³/mol. The molecule has 0 amide bonds. The average molecular weight is 251 g/mol. The molecule has 17 heavy (non-hydrogen) atoms. The quantitative estimate of drug-likeness (QED) is 0.379. The van der Waals surface area contributed by atoms with E-state index in [-0.39, 0.29) is 6.42 Å². The molecule has 2 N–H and O–H groups in total. The van der Waals surface area contributed by atoms with E-state index >= 15 is 0 Å². The minimum Gasteiger partial charge on any atom is -0.323 e. The second-order valence-corrected chi connectivity index (χ2v) is 3.75. The standard InChI is InChI=1S/C11H10F5N/c1-4(2)3-5(17)6-7(12)9(14)11(16)10(15)8(6)13/h5H,1,3,17H2,2H3/t5-/m0/s1. The lowest BCUT2D eigenvalue weighted by Crippen LogP contribution is -2.18. The van der Waals surface area contributed by atoms with E-state index in [1.165, 1.54) is 6.92 Å². The lowest BCUT2D eigenvalue weighted by Gasteiger charge is -2.15. The van der Waals surface area contributed by atoms with E-state index in [4.69, 9.17) is 5.73 Å². The van der Waals surface area contributed by atoms with Gasteiger partial charge in [0, 0.05) is 11.6 Å². The van der Waals surface area contributed by atoms with Crippen LogP contribution < -0.4 is 5.73 Å². The van der Waals surface area contributed by atoms with E-state index in [9.17, 15) is 22.0 Å². The summed E-state index contributed by atoms with van der Waals surface area (Å²) in [4.78, 5) is 0. The largest absolute Gasteiger partial charge is 0.323 e. The van der Waals surface area contributed by atoms with E-state index in [2.05, 4.69) is 6.58 Å². The van der Waals surface area contributed by atoms with Crippen LogP contribution in [0.25, 0.3) is 0 Å². The molecule has 1 rings (SSSR count). The Morgan fingerprint density at radius 3 is 1.71 bits per heavy atom. The Bertz CT molecular complexity index is 440. The molecule has 0 unspecified atom stereocenters. The van der Waals surface area contributed by atoms with Crippen LogP contribution in [0, 0.1) is 29.1 Å². The molecule has 0 spiro atoms.